The Labute approximate surface area is 84.7 Å². The second-order valence-electron chi connectivity index (χ2n) is 2.96. The smallest absolute Gasteiger partial charge is 0.339 e. The highest BCUT2D eigenvalue weighted by Gasteiger charge is 2.08. The van der Waals surface area contributed by atoms with Gasteiger partial charge in [-0.15, -0.1) is 0 Å². The van der Waals surface area contributed by atoms with Crippen molar-refractivity contribution in [2.75, 3.05) is 7.11 Å². The molecule has 5 heteroatoms. The normalized spacial score (nSPS) is 10.2. The van der Waals surface area contributed by atoms with Crippen LogP contribution in [0.5, 0.6) is 0 Å². The van der Waals surface area contributed by atoms with Crippen LogP contribution in [0.4, 0.5) is 0 Å². The van der Waals surface area contributed by atoms with Crippen molar-refractivity contribution in [1.29, 1.82) is 0 Å². The standard InChI is InChI=1S/C10H8N2O3/c1-15-10(14)6-4-7-8(12-5-6)2-3-11-9(7)13/h2-5H,1H3,(H,11,13). The number of fused-ring (bicyclic) bond motifs is 1. The summed E-state index contributed by atoms with van der Waals surface area (Å²) in [4.78, 5) is 29.1. The van der Waals surface area contributed by atoms with E-state index in [9.17, 15) is 9.59 Å². The van der Waals surface area contributed by atoms with Crippen molar-refractivity contribution < 1.29 is 9.53 Å². The number of esters is 1. The molecule has 2 aromatic rings. The van der Waals surface area contributed by atoms with Gasteiger partial charge in [-0.3, -0.25) is 9.78 Å². The number of nitrogens with one attached hydrogen (secondary N) is 1. The topological polar surface area (TPSA) is 72.0 Å². The second kappa shape index (κ2) is 3.53. The predicted molar refractivity (Wildman–Crippen MR) is 53.7 cm³/mol. The number of nitrogens with zero attached hydrogens (tertiary/aromatic N) is 1. The zero-order valence-corrected chi connectivity index (χ0v) is 7.98. The second-order valence-corrected chi connectivity index (χ2v) is 2.96. The number of ether oxygens (including phenoxy) is 1. The molecule has 2 heterocycles. The first-order chi connectivity index (χ1) is 7.22. The Kier molecular flexibility index (Phi) is 2.21. The molecule has 2 rings (SSSR count). The molecule has 0 saturated heterocycles. The van der Waals surface area contributed by atoms with Gasteiger partial charge in [-0.2, -0.15) is 0 Å². The van der Waals surface area contributed by atoms with Crippen molar-refractivity contribution in [3.63, 3.8) is 0 Å². The van der Waals surface area contributed by atoms with Crippen molar-refractivity contribution in [3.8, 4) is 0 Å². The number of hydrogen-bond acceptors (Lipinski definition) is 4. The van der Waals surface area contributed by atoms with E-state index < -0.39 is 5.97 Å². The first kappa shape index (κ1) is 9.39. The van der Waals surface area contributed by atoms with Crippen LogP contribution in [0.1, 0.15) is 10.4 Å². The molecule has 5 nitrogen and oxygen atoms in total. The molecular weight excluding hydrogens is 196 g/mol. The average Bonchev–Trinajstić information content (AvgIpc) is 2.28. The number of carbonyl (C=O) groups excluding carboxylic acids is 1. The number of carbonyl (C=O) groups is 1. The maximum Gasteiger partial charge on any atom is 0.339 e. The van der Waals surface area contributed by atoms with E-state index >= 15 is 0 Å². The molecule has 0 amide bonds. The van der Waals surface area contributed by atoms with Gasteiger partial charge in [-0.1, -0.05) is 0 Å². The van der Waals surface area contributed by atoms with Crippen LogP contribution in [0.3, 0.4) is 0 Å². The van der Waals surface area contributed by atoms with E-state index in [1.165, 1.54) is 25.6 Å². The summed E-state index contributed by atoms with van der Waals surface area (Å²) in [5.41, 5.74) is 0.541. The summed E-state index contributed by atoms with van der Waals surface area (Å²) in [6.45, 7) is 0. The molecule has 2 aromatic heterocycles. The number of rotatable bonds is 1. The molecule has 0 aliphatic rings. The lowest BCUT2D eigenvalue weighted by molar-refractivity contribution is 0.0600. The number of aromatic amines is 1. The van der Waals surface area contributed by atoms with Crippen molar-refractivity contribution in [3.05, 3.63) is 40.4 Å². The van der Waals surface area contributed by atoms with Crippen LogP contribution in [-0.4, -0.2) is 23.0 Å². The lowest BCUT2D eigenvalue weighted by Crippen LogP contribution is -2.08. The largest absolute Gasteiger partial charge is 0.465 e. The highest BCUT2D eigenvalue weighted by atomic mass is 16.5. The van der Waals surface area contributed by atoms with Crippen molar-refractivity contribution in [1.82, 2.24) is 9.97 Å². The Morgan fingerprint density at radius 1 is 1.53 bits per heavy atom. The quantitative estimate of drug-likeness (QED) is 0.694. The van der Waals surface area contributed by atoms with Crippen LogP contribution < -0.4 is 5.56 Å². The van der Waals surface area contributed by atoms with E-state index in [0.717, 1.165) is 0 Å². The van der Waals surface area contributed by atoms with Gasteiger partial charge in [0, 0.05) is 12.4 Å². The van der Waals surface area contributed by atoms with E-state index in [2.05, 4.69) is 14.7 Å². The maximum atomic E-state index is 11.4. The first-order valence-corrected chi connectivity index (χ1v) is 4.28. The van der Waals surface area contributed by atoms with Gasteiger partial charge in [-0.05, 0) is 12.1 Å². The fourth-order valence-electron chi connectivity index (χ4n) is 1.29. The molecule has 0 fully saturated rings. The lowest BCUT2D eigenvalue weighted by Gasteiger charge is -1.99. The van der Waals surface area contributed by atoms with E-state index in [1.54, 1.807) is 6.07 Å². The van der Waals surface area contributed by atoms with Crippen LogP contribution >= 0.6 is 0 Å². The lowest BCUT2D eigenvalue weighted by atomic mass is 10.2. The van der Waals surface area contributed by atoms with Crippen LogP contribution in [0, 0.1) is 0 Å². The van der Waals surface area contributed by atoms with Gasteiger partial charge in [-0.25, -0.2) is 4.79 Å². The predicted octanol–water partition coefficient (Wildman–Crippen LogP) is 0.710. The third-order valence-corrected chi connectivity index (χ3v) is 2.04. The van der Waals surface area contributed by atoms with Crippen molar-refractivity contribution in [2.24, 2.45) is 0 Å². The van der Waals surface area contributed by atoms with Gasteiger partial charge in [0.05, 0.1) is 23.6 Å². The van der Waals surface area contributed by atoms with Gasteiger partial charge in [0.2, 0.25) is 0 Å². The Bertz CT molecular complexity index is 574. The zero-order valence-electron chi connectivity index (χ0n) is 7.98. The Morgan fingerprint density at radius 3 is 3.07 bits per heavy atom. The number of H-pyrrole nitrogens is 1. The van der Waals surface area contributed by atoms with Gasteiger partial charge in [0.15, 0.2) is 0 Å². The molecule has 76 valence electrons. The molecular formula is C10H8N2O3. The highest BCUT2D eigenvalue weighted by Crippen LogP contribution is 2.08. The summed E-state index contributed by atoms with van der Waals surface area (Å²) in [5.74, 6) is -0.507. The molecule has 0 atom stereocenters. The summed E-state index contributed by atoms with van der Waals surface area (Å²) in [6, 6.07) is 3.13. The Balaban J connectivity index is 2.70. The van der Waals surface area contributed by atoms with E-state index in [4.69, 9.17) is 0 Å². The molecule has 0 radical (unpaired) electrons. The van der Waals surface area contributed by atoms with Crippen LogP contribution in [0.15, 0.2) is 29.3 Å². The van der Waals surface area contributed by atoms with E-state index in [1.807, 2.05) is 0 Å². The molecule has 0 unspecified atom stereocenters. The fraction of sp³-hybridized carbons (Fsp3) is 0.100. The summed E-state index contributed by atoms with van der Waals surface area (Å²) in [7, 11) is 1.28. The summed E-state index contributed by atoms with van der Waals surface area (Å²) < 4.78 is 4.53. The average molecular weight is 204 g/mol. The molecule has 0 bridgehead atoms. The van der Waals surface area contributed by atoms with Crippen LogP contribution in [-0.2, 0) is 4.74 Å². The summed E-state index contributed by atoms with van der Waals surface area (Å²) >= 11 is 0. The Morgan fingerprint density at radius 2 is 2.33 bits per heavy atom. The van der Waals surface area contributed by atoms with Crippen molar-refractivity contribution >= 4 is 16.9 Å². The first-order valence-electron chi connectivity index (χ1n) is 4.28. The molecule has 0 saturated carbocycles. The SMILES string of the molecule is COC(=O)c1cnc2cc[nH]c(=O)c2c1. The number of aromatic nitrogens is 2. The minimum Gasteiger partial charge on any atom is -0.465 e. The maximum absolute atomic E-state index is 11.4. The van der Waals surface area contributed by atoms with Gasteiger partial charge >= 0.3 is 5.97 Å². The van der Waals surface area contributed by atoms with Gasteiger partial charge in [0.25, 0.3) is 5.56 Å². The number of methoxy groups -OCH3 is 1. The third-order valence-electron chi connectivity index (χ3n) is 2.04. The third kappa shape index (κ3) is 1.59. The van der Waals surface area contributed by atoms with Gasteiger partial charge < -0.3 is 9.72 Å². The molecule has 0 aromatic carbocycles. The van der Waals surface area contributed by atoms with Crippen LogP contribution in [0.2, 0.25) is 0 Å². The molecule has 0 aliphatic heterocycles. The molecule has 0 aliphatic carbocycles. The molecule has 1 N–H and O–H groups in total. The molecule has 0 spiro atoms. The van der Waals surface area contributed by atoms with Gasteiger partial charge in [0.1, 0.15) is 0 Å². The minimum atomic E-state index is -0.507. The number of pyridine rings is 2. The van der Waals surface area contributed by atoms with Crippen LogP contribution in [0.25, 0.3) is 10.9 Å². The summed E-state index contributed by atoms with van der Waals surface area (Å²) in [6.07, 6.45) is 2.89. The monoisotopic (exact) mass is 204 g/mol. The number of hydrogen-bond donors (Lipinski definition) is 1. The Hall–Kier alpha value is -2.17. The van der Waals surface area contributed by atoms with E-state index in [0.29, 0.717) is 10.9 Å². The summed E-state index contributed by atoms with van der Waals surface area (Å²) in [5, 5.41) is 0.375. The minimum absolute atomic E-state index is 0.265. The van der Waals surface area contributed by atoms with Crippen molar-refractivity contribution in [2.45, 2.75) is 0 Å². The molecule has 15 heavy (non-hydrogen) atoms. The highest BCUT2D eigenvalue weighted by molar-refractivity contribution is 5.93. The van der Waals surface area contributed by atoms with E-state index in [-0.39, 0.29) is 11.1 Å². The fourth-order valence-corrected chi connectivity index (χ4v) is 1.29. The zero-order chi connectivity index (χ0) is 10.8.